The lowest BCUT2D eigenvalue weighted by Gasteiger charge is -2.23. The van der Waals surface area contributed by atoms with Gasteiger partial charge in [-0.25, -0.2) is 0 Å². The van der Waals surface area contributed by atoms with Crippen molar-refractivity contribution >= 4 is 5.97 Å². The fraction of sp³-hybridized carbons (Fsp3) is 0.632. The molecular formula is C19H27NO2. The average molecular weight is 301 g/mol. The van der Waals surface area contributed by atoms with Gasteiger partial charge in [0, 0.05) is 19.6 Å². The molecule has 0 spiro atoms. The minimum atomic E-state index is -0.571. The van der Waals surface area contributed by atoms with Crippen LogP contribution >= 0.6 is 0 Å². The molecule has 2 aliphatic rings. The molecule has 0 aromatic heterocycles. The number of benzene rings is 1. The van der Waals surface area contributed by atoms with Crippen molar-refractivity contribution in [1.29, 1.82) is 0 Å². The number of likely N-dealkylation sites (tertiary alicyclic amines) is 1. The number of carbonyl (C=O) groups is 1. The van der Waals surface area contributed by atoms with Gasteiger partial charge in [0.05, 0.1) is 5.41 Å². The van der Waals surface area contributed by atoms with Crippen molar-refractivity contribution in [3.8, 4) is 0 Å². The minimum absolute atomic E-state index is 0.369. The minimum Gasteiger partial charge on any atom is -0.481 e. The molecule has 1 aliphatic carbocycles. The van der Waals surface area contributed by atoms with Gasteiger partial charge in [0.25, 0.3) is 0 Å². The SMILES string of the molecule is CC(C)c1ccc(CCN2C[C@@H]3CCC[C@@]3(C(=O)O)C2)cc1. The summed E-state index contributed by atoms with van der Waals surface area (Å²) in [6.07, 6.45) is 4.06. The van der Waals surface area contributed by atoms with Crippen molar-refractivity contribution < 1.29 is 9.90 Å². The van der Waals surface area contributed by atoms with Crippen LogP contribution in [0.1, 0.15) is 50.2 Å². The summed E-state index contributed by atoms with van der Waals surface area (Å²) in [5.41, 5.74) is 2.29. The number of rotatable bonds is 5. The molecule has 1 saturated carbocycles. The van der Waals surface area contributed by atoms with E-state index in [1.165, 1.54) is 11.1 Å². The summed E-state index contributed by atoms with van der Waals surface area (Å²) in [5.74, 6) is 0.370. The van der Waals surface area contributed by atoms with Crippen LogP contribution in [-0.2, 0) is 11.2 Å². The van der Waals surface area contributed by atoms with Crippen molar-refractivity contribution in [1.82, 2.24) is 4.90 Å². The zero-order valence-corrected chi connectivity index (χ0v) is 13.7. The van der Waals surface area contributed by atoms with E-state index in [4.69, 9.17) is 0 Å². The van der Waals surface area contributed by atoms with Crippen LogP contribution in [0.15, 0.2) is 24.3 Å². The molecule has 3 heteroatoms. The average Bonchev–Trinajstić information content (AvgIpc) is 3.03. The van der Waals surface area contributed by atoms with Crippen molar-refractivity contribution in [3.63, 3.8) is 0 Å². The van der Waals surface area contributed by atoms with E-state index in [2.05, 4.69) is 43.0 Å². The van der Waals surface area contributed by atoms with Crippen LogP contribution in [-0.4, -0.2) is 35.6 Å². The Morgan fingerprint density at radius 2 is 2.09 bits per heavy atom. The van der Waals surface area contributed by atoms with Crippen LogP contribution < -0.4 is 0 Å². The van der Waals surface area contributed by atoms with Crippen LogP contribution in [0, 0.1) is 11.3 Å². The third kappa shape index (κ3) is 2.79. The Labute approximate surface area is 133 Å². The summed E-state index contributed by atoms with van der Waals surface area (Å²) in [5, 5.41) is 9.63. The van der Waals surface area contributed by atoms with Crippen LogP contribution in [0.5, 0.6) is 0 Å². The third-order valence-electron chi connectivity index (χ3n) is 5.73. The molecule has 3 rings (SSSR count). The van der Waals surface area contributed by atoms with Crippen molar-refractivity contribution in [3.05, 3.63) is 35.4 Å². The number of hydrogen-bond donors (Lipinski definition) is 1. The molecule has 1 aromatic rings. The number of carboxylic acid groups (broad SMARTS) is 1. The molecule has 1 saturated heterocycles. The first kappa shape index (κ1) is 15.5. The van der Waals surface area contributed by atoms with Gasteiger partial charge < -0.3 is 10.0 Å². The van der Waals surface area contributed by atoms with Gasteiger partial charge >= 0.3 is 5.97 Å². The van der Waals surface area contributed by atoms with E-state index in [0.29, 0.717) is 11.8 Å². The molecule has 22 heavy (non-hydrogen) atoms. The lowest BCUT2D eigenvalue weighted by Crippen LogP contribution is -2.36. The monoisotopic (exact) mass is 301 g/mol. The Balaban J connectivity index is 1.58. The highest BCUT2D eigenvalue weighted by molar-refractivity contribution is 5.76. The van der Waals surface area contributed by atoms with E-state index < -0.39 is 11.4 Å². The van der Waals surface area contributed by atoms with E-state index >= 15 is 0 Å². The molecule has 0 bridgehead atoms. The molecule has 1 aromatic carbocycles. The second-order valence-corrected chi connectivity index (χ2v) is 7.43. The fourth-order valence-electron chi connectivity index (χ4n) is 4.27. The molecule has 2 atom stereocenters. The Hall–Kier alpha value is -1.35. The number of fused-ring (bicyclic) bond motifs is 1. The van der Waals surface area contributed by atoms with Gasteiger partial charge in [-0.1, -0.05) is 44.5 Å². The zero-order chi connectivity index (χ0) is 15.7. The summed E-state index contributed by atoms with van der Waals surface area (Å²) in [7, 11) is 0. The zero-order valence-electron chi connectivity index (χ0n) is 13.7. The van der Waals surface area contributed by atoms with Gasteiger partial charge in [-0.05, 0) is 42.2 Å². The molecular weight excluding hydrogens is 274 g/mol. The highest BCUT2D eigenvalue weighted by Gasteiger charge is 2.54. The Morgan fingerprint density at radius 3 is 2.68 bits per heavy atom. The summed E-state index contributed by atoms with van der Waals surface area (Å²) in [4.78, 5) is 14.1. The van der Waals surface area contributed by atoms with Crippen LogP contribution in [0.3, 0.4) is 0 Å². The van der Waals surface area contributed by atoms with Gasteiger partial charge in [0.2, 0.25) is 0 Å². The van der Waals surface area contributed by atoms with Crippen LogP contribution in [0.2, 0.25) is 0 Å². The predicted octanol–water partition coefficient (Wildman–Crippen LogP) is 3.54. The van der Waals surface area contributed by atoms with Gasteiger partial charge in [0.15, 0.2) is 0 Å². The summed E-state index contributed by atoms with van der Waals surface area (Å²) in [6, 6.07) is 8.88. The first-order valence-corrected chi connectivity index (χ1v) is 8.56. The van der Waals surface area contributed by atoms with E-state index in [1.807, 2.05) is 0 Å². The van der Waals surface area contributed by atoms with Gasteiger partial charge in [-0.15, -0.1) is 0 Å². The Kier molecular flexibility index (Phi) is 4.26. The quantitative estimate of drug-likeness (QED) is 0.904. The van der Waals surface area contributed by atoms with Gasteiger partial charge in [0.1, 0.15) is 0 Å². The molecule has 1 heterocycles. The number of carboxylic acids is 1. The second kappa shape index (κ2) is 6.04. The molecule has 0 amide bonds. The number of nitrogens with zero attached hydrogens (tertiary/aromatic N) is 1. The second-order valence-electron chi connectivity index (χ2n) is 7.43. The maximum atomic E-state index is 11.7. The van der Waals surface area contributed by atoms with Crippen molar-refractivity contribution in [2.24, 2.45) is 11.3 Å². The first-order chi connectivity index (χ1) is 10.5. The molecule has 3 nitrogen and oxygen atoms in total. The lowest BCUT2D eigenvalue weighted by atomic mass is 9.81. The normalized spacial score (nSPS) is 28.2. The van der Waals surface area contributed by atoms with Crippen molar-refractivity contribution in [2.45, 2.75) is 45.4 Å². The van der Waals surface area contributed by atoms with Crippen molar-refractivity contribution in [2.75, 3.05) is 19.6 Å². The number of aliphatic carboxylic acids is 1. The van der Waals surface area contributed by atoms with Gasteiger partial charge in [-0.2, -0.15) is 0 Å². The smallest absolute Gasteiger partial charge is 0.311 e. The standard InChI is InChI=1S/C19H27NO2/c1-14(2)16-7-5-15(6-8-16)9-11-20-12-17-4-3-10-19(17,13-20)18(21)22/h5-8,14,17H,3-4,9-13H2,1-2H3,(H,21,22)/t17-,19+/m0/s1. The largest absolute Gasteiger partial charge is 0.481 e. The molecule has 2 fully saturated rings. The Morgan fingerprint density at radius 1 is 1.36 bits per heavy atom. The molecule has 120 valence electrons. The number of hydrogen-bond acceptors (Lipinski definition) is 2. The molecule has 0 radical (unpaired) electrons. The first-order valence-electron chi connectivity index (χ1n) is 8.56. The summed E-state index contributed by atoms with van der Waals surface area (Å²) < 4.78 is 0. The Bertz CT molecular complexity index is 537. The summed E-state index contributed by atoms with van der Waals surface area (Å²) >= 11 is 0. The summed E-state index contributed by atoms with van der Waals surface area (Å²) in [6.45, 7) is 7.12. The van der Waals surface area contributed by atoms with E-state index in [0.717, 1.165) is 45.3 Å². The lowest BCUT2D eigenvalue weighted by molar-refractivity contribution is -0.149. The molecule has 1 N–H and O–H groups in total. The highest BCUT2D eigenvalue weighted by Crippen LogP contribution is 2.48. The van der Waals surface area contributed by atoms with E-state index in [-0.39, 0.29) is 0 Å². The maximum absolute atomic E-state index is 11.7. The van der Waals surface area contributed by atoms with Crippen LogP contribution in [0.25, 0.3) is 0 Å². The third-order valence-corrected chi connectivity index (χ3v) is 5.73. The van der Waals surface area contributed by atoms with E-state index in [9.17, 15) is 9.90 Å². The molecule has 1 aliphatic heterocycles. The highest BCUT2D eigenvalue weighted by atomic mass is 16.4. The maximum Gasteiger partial charge on any atom is 0.311 e. The molecule has 0 unspecified atom stereocenters. The van der Waals surface area contributed by atoms with Gasteiger partial charge in [-0.3, -0.25) is 4.79 Å². The van der Waals surface area contributed by atoms with Crippen LogP contribution in [0.4, 0.5) is 0 Å². The fourth-order valence-corrected chi connectivity index (χ4v) is 4.27. The van der Waals surface area contributed by atoms with E-state index in [1.54, 1.807) is 0 Å². The topological polar surface area (TPSA) is 40.5 Å². The predicted molar refractivity (Wildman–Crippen MR) is 88.1 cm³/mol.